The zero-order valence-electron chi connectivity index (χ0n) is 15.1. The number of halogens is 2. The number of pyridine rings is 1. The predicted molar refractivity (Wildman–Crippen MR) is 110 cm³/mol. The zero-order valence-corrected chi connectivity index (χ0v) is 15.1. The number of aromatic nitrogens is 3. The number of aromatic amines is 1. The van der Waals surface area contributed by atoms with E-state index in [0.717, 1.165) is 27.5 Å². The molecule has 0 amide bonds. The number of fused-ring (bicyclic) bond motifs is 2. The van der Waals surface area contributed by atoms with Crippen LogP contribution in [0.1, 0.15) is 5.69 Å². The summed E-state index contributed by atoms with van der Waals surface area (Å²) in [6.07, 6.45) is 1.36. The van der Waals surface area contributed by atoms with Crippen molar-refractivity contribution in [1.82, 2.24) is 15.0 Å². The molecule has 3 aromatic carbocycles. The molecule has 0 spiro atoms. The zero-order chi connectivity index (χ0) is 19.8. The number of H-pyrrole nitrogens is 1. The van der Waals surface area contributed by atoms with Gasteiger partial charge in [0.25, 0.3) is 0 Å². The van der Waals surface area contributed by atoms with Gasteiger partial charge in [0.05, 0.1) is 28.5 Å². The third-order valence-electron chi connectivity index (χ3n) is 4.65. The van der Waals surface area contributed by atoms with Crippen LogP contribution in [0.3, 0.4) is 0 Å². The maximum Gasteiger partial charge on any atom is 0.151 e. The van der Waals surface area contributed by atoms with Crippen LogP contribution in [-0.2, 0) is 0 Å². The van der Waals surface area contributed by atoms with Crippen molar-refractivity contribution in [2.75, 3.05) is 0 Å². The van der Waals surface area contributed by atoms with Gasteiger partial charge in [-0.05, 0) is 36.4 Å². The Morgan fingerprint density at radius 1 is 0.793 bits per heavy atom. The molecule has 6 heteroatoms. The van der Waals surface area contributed by atoms with Gasteiger partial charge in [-0.2, -0.15) is 0 Å². The van der Waals surface area contributed by atoms with E-state index in [1.165, 1.54) is 24.4 Å². The summed E-state index contributed by atoms with van der Waals surface area (Å²) in [4.78, 5) is 16.6. The minimum Gasteiger partial charge on any atom is -0.338 e. The average Bonchev–Trinajstić information content (AvgIpc) is 3.17. The quantitative estimate of drug-likeness (QED) is 0.399. The van der Waals surface area contributed by atoms with Crippen LogP contribution in [0.15, 0.2) is 77.8 Å². The molecular formula is C23H14F2N4. The average molecular weight is 384 g/mol. The van der Waals surface area contributed by atoms with Crippen LogP contribution in [0.5, 0.6) is 0 Å². The largest absolute Gasteiger partial charge is 0.338 e. The molecule has 1 N–H and O–H groups in total. The summed E-state index contributed by atoms with van der Waals surface area (Å²) in [5, 5.41) is 0.928. The van der Waals surface area contributed by atoms with Crippen LogP contribution in [0.2, 0.25) is 0 Å². The van der Waals surface area contributed by atoms with Crippen molar-refractivity contribution in [2.24, 2.45) is 4.99 Å². The van der Waals surface area contributed by atoms with Crippen molar-refractivity contribution in [3.05, 3.63) is 90.1 Å². The van der Waals surface area contributed by atoms with Crippen LogP contribution >= 0.6 is 0 Å². The van der Waals surface area contributed by atoms with Crippen LogP contribution in [0, 0.1) is 11.6 Å². The molecular weight excluding hydrogens is 370 g/mol. The Morgan fingerprint density at radius 3 is 2.41 bits per heavy atom. The van der Waals surface area contributed by atoms with Crippen LogP contribution in [-0.4, -0.2) is 21.2 Å². The highest BCUT2D eigenvalue weighted by Gasteiger charge is 2.11. The Hall–Kier alpha value is -3.93. The molecule has 2 aromatic heterocycles. The summed E-state index contributed by atoms with van der Waals surface area (Å²) in [5.74, 6) is -0.728. The lowest BCUT2D eigenvalue weighted by atomic mass is 10.1. The summed E-state index contributed by atoms with van der Waals surface area (Å²) < 4.78 is 27.6. The van der Waals surface area contributed by atoms with Crippen molar-refractivity contribution >= 4 is 33.8 Å². The molecule has 0 fully saturated rings. The maximum absolute atomic E-state index is 13.8. The Bertz CT molecular complexity index is 1340. The number of benzene rings is 3. The summed E-state index contributed by atoms with van der Waals surface area (Å²) in [6, 6.07) is 20.9. The minimum absolute atomic E-state index is 0.333. The summed E-state index contributed by atoms with van der Waals surface area (Å²) in [6.45, 7) is 0. The van der Waals surface area contributed by atoms with Crippen molar-refractivity contribution in [2.45, 2.75) is 0 Å². The topological polar surface area (TPSA) is 53.9 Å². The lowest BCUT2D eigenvalue weighted by Crippen LogP contribution is -1.92. The fraction of sp³-hybridized carbons (Fsp3) is 0. The van der Waals surface area contributed by atoms with Crippen molar-refractivity contribution in [3.63, 3.8) is 0 Å². The standard InChI is InChI=1S/C23H14F2N4/c24-17-7-4-8-18(25)22(17)26-13-15-12-11-14-5-3-6-16(21(14)27-15)23-28-19-9-1-2-10-20(19)29-23/h1-13H,(H,28,29). The molecule has 29 heavy (non-hydrogen) atoms. The van der Waals surface area contributed by atoms with Gasteiger partial charge in [-0.15, -0.1) is 0 Å². The van der Waals surface area contributed by atoms with Crippen molar-refractivity contribution in [3.8, 4) is 11.4 Å². The molecule has 0 aliphatic carbocycles. The van der Waals surface area contributed by atoms with Crippen LogP contribution < -0.4 is 0 Å². The summed E-state index contributed by atoms with van der Waals surface area (Å²) in [5.41, 5.74) is 3.53. The Labute approximate surface area is 164 Å². The van der Waals surface area contributed by atoms with Gasteiger partial charge < -0.3 is 4.98 Å². The van der Waals surface area contributed by atoms with E-state index in [9.17, 15) is 8.78 Å². The number of imidazole rings is 1. The lowest BCUT2D eigenvalue weighted by molar-refractivity contribution is 0.587. The van der Waals surface area contributed by atoms with Gasteiger partial charge in [-0.25, -0.2) is 23.7 Å². The van der Waals surface area contributed by atoms with Crippen molar-refractivity contribution < 1.29 is 8.78 Å². The fourth-order valence-electron chi connectivity index (χ4n) is 3.25. The van der Waals surface area contributed by atoms with Gasteiger partial charge in [0, 0.05) is 10.9 Å². The third kappa shape index (κ3) is 3.14. The molecule has 0 aliphatic rings. The first kappa shape index (κ1) is 17.2. The summed E-state index contributed by atoms with van der Waals surface area (Å²) >= 11 is 0. The second-order valence-corrected chi connectivity index (χ2v) is 6.54. The molecule has 0 saturated heterocycles. The van der Waals surface area contributed by atoms with E-state index in [2.05, 4.69) is 19.9 Å². The van der Waals surface area contributed by atoms with Crippen LogP contribution in [0.25, 0.3) is 33.3 Å². The van der Waals surface area contributed by atoms with Gasteiger partial charge in [-0.1, -0.05) is 36.4 Å². The van der Waals surface area contributed by atoms with Crippen molar-refractivity contribution in [1.29, 1.82) is 0 Å². The normalized spacial score (nSPS) is 11.7. The molecule has 0 radical (unpaired) electrons. The Kier molecular flexibility index (Phi) is 4.09. The van der Waals surface area contributed by atoms with Crippen LogP contribution in [0.4, 0.5) is 14.5 Å². The monoisotopic (exact) mass is 384 g/mol. The van der Waals surface area contributed by atoms with E-state index in [1.54, 1.807) is 6.07 Å². The van der Waals surface area contributed by atoms with Gasteiger partial charge in [0.1, 0.15) is 11.5 Å². The number of hydrogen-bond donors (Lipinski definition) is 1. The number of para-hydroxylation sites is 4. The van der Waals surface area contributed by atoms with E-state index < -0.39 is 11.6 Å². The predicted octanol–water partition coefficient (Wildman–Crippen LogP) is 5.81. The minimum atomic E-state index is -0.718. The second-order valence-electron chi connectivity index (χ2n) is 6.54. The van der Waals surface area contributed by atoms with E-state index >= 15 is 0 Å². The molecule has 0 aliphatic heterocycles. The maximum atomic E-state index is 13.8. The highest BCUT2D eigenvalue weighted by Crippen LogP contribution is 2.27. The molecule has 0 unspecified atom stereocenters. The SMILES string of the molecule is Fc1cccc(F)c1N=Cc1ccc2cccc(-c3nc4ccccc4[nH]3)c2n1. The number of aliphatic imine (C=N–C) groups is 1. The van der Waals surface area contributed by atoms with Gasteiger partial charge in [0.15, 0.2) is 11.6 Å². The van der Waals surface area contributed by atoms with Gasteiger partial charge >= 0.3 is 0 Å². The highest BCUT2D eigenvalue weighted by atomic mass is 19.1. The van der Waals surface area contributed by atoms with Gasteiger partial charge in [-0.3, -0.25) is 0 Å². The Morgan fingerprint density at radius 2 is 1.59 bits per heavy atom. The fourth-order valence-corrected chi connectivity index (χ4v) is 3.25. The molecule has 0 atom stereocenters. The van der Waals surface area contributed by atoms with E-state index in [4.69, 9.17) is 0 Å². The van der Waals surface area contributed by atoms with Gasteiger partial charge in [0.2, 0.25) is 0 Å². The first-order valence-electron chi connectivity index (χ1n) is 9.02. The number of hydrogen-bond acceptors (Lipinski definition) is 3. The number of nitrogens with one attached hydrogen (secondary N) is 1. The third-order valence-corrected chi connectivity index (χ3v) is 4.65. The van der Waals surface area contributed by atoms with E-state index in [-0.39, 0.29) is 5.69 Å². The summed E-state index contributed by atoms with van der Waals surface area (Å²) in [7, 11) is 0. The number of nitrogens with zero attached hydrogens (tertiary/aromatic N) is 3. The molecule has 0 bridgehead atoms. The first-order valence-corrected chi connectivity index (χ1v) is 9.02. The molecule has 2 heterocycles. The molecule has 4 nitrogen and oxygen atoms in total. The molecule has 0 saturated carbocycles. The van der Waals surface area contributed by atoms with E-state index in [1.807, 2.05) is 48.5 Å². The lowest BCUT2D eigenvalue weighted by Gasteiger charge is -2.04. The second kappa shape index (κ2) is 6.91. The molecule has 140 valence electrons. The Balaban J connectivity index is 1.61. The molecule has 5 aromatic rings. The van der Waals surface area contributed by atoms with E-state index in [0.29, 0.717) is 11.5 Å². The smallest absolute Gasteiger partial charge is 0.151 e. The first-order chi connectivity index (χ1) is 14.2. The highest BCUT2D eigenvalue weighted by molar-refractivity contribution is 5.95. The molecule has 5 rings (SSSR count). The number of rotatable bonds is 3.